The Morgan fingerprint density at radius 2 is 0.615 bits per heavy atom. The summed E-state index contributed by atoms with van der Waals surface area (Å²) in [4.78, 5) is 0. The second-order valence-electron chi connectivity index (χ2n) is 8.53. The summed E-state index contributed by atoms with van der Waals surface area (Å²) in [6, 6.07) is 0. The molecule has 0 aliphatic heterocycles. The molecule has 0 N–H and O–H groups in total. The minimum atomic E-state index is -0.401. The van der Waals surface area contributed by atoms with Gasteiger partial charge in [0.05, 0.1) is 0 Å². The highest BCUT2D eigenvalue weighted by Gasteiger charge is 2.17. The first-order valence-electron chi connectivity index (χ1n) is 12.2. The van der Waals surface area contributed by atoms with Crippen molar-refractivity contribution in [3.63, 3.8) is 0 Å². The Kier molecular flexibility index (Phi) is 21.1. The Hall–Kier alpha value is 0.780. The van der Waals surface area contributed by atoms with Gasteiger partial charge in [-0.2, -0.15) is 0 Å². The molecule has 2 heteroatoms. The van der Waals surface area contributed by atoms with Crippen molar-refractivity contribution in [3.8, 4) is 0 Å². The molecule has 0 aromatic heterocycles. The maximum Gasteiger partial charge on any atom is -0.0197 e. The van der Waals surface area contributed by atoms with Gasteiger partial charge >= 0.3 is 0 Å². The quantitative estimate of drug-likeness (QED) is 0.132. The Labute approximate surface area is 171 Å². The third-order valence-corrected chi connectivity index (χ3v) is 11.1. The molecule has 0 aromatic carbocycles. The SMILES string of the molecule is CCCCCCCCS(P)(CCCCCCCC)CCCCCCCC. The van der Waals surface area contributed by atoms with Crippen LogP contribution >= 0.6 is 18.1 Å². The molecule has 0 aromatic rings. The average Bonchev–Trinajstić information content (AvgIpc) is 2.64. The molecule has 0 saturated heterocycles. The van der Waals surface area contributed by atoms with E-state index in [9.17, 15) is 0 Å². The van der Waals surface area contributed by atoms with E-state index in [0.717, 1.165) is 0 Å². The van der Waals surface area contributed by atoms with Crippen LogP contribution in [0.5, 0.6) is 0 Å². The van der Waals surface area contributed by atoms with Gasteiger partial charge in [0.1, 0.15) is 0 Å². The molecular formula is C24H53PS. The molecule has 0 rings (SSSR count). The highest BCUT2D eigenvalue weighted by Crippen LogP contribution is 2.58. The number of hydrogen-bond acceptors (Lipinski definition) is 0. The monoisotopic (exact) mass is 404 g/mol. The lowest BCUT2D eigenvalue weighted by Crippen LogP contribution is -2.08. The molecule has 0 spiro atoms. The van der Waals surface area contributed by atoms with Gasteiger partial charge in [0.15, 0.2) is 0 Å². The van der Waals surface area contributed by atoms with Crippen molar-refractivity contribution in [1.29, 1.82) is 0 Å². The highest BCUT2D eigenvalue weighted by molar-refractivity contribution is 8.68. The predicted molar refractivity (Wildman–Crippen MR) is 132 cm³/mol. The maximum absolute atomic E-state index is 3.42. The van der Waals surface area contributed by atoms with Crippen molar-refractivity contribution in [1.82, 2.24) is 0 Å². The third kappa shape index (κ3) is 18.2. The van der Waals surface area contributed by atoms with Crippen LogP contribution in [0.1, 0.15) is 136 Å². The molecule has 0 aliphatic carbocycles. The van der Waals surface area contributed by atoms with Crippen LogP contribution in [0.15, 0.2) is 0 Å². The summed E-state index contributed by atoms with van der Waals surface area (Å²) < 4.78 is 0. The standard InChI is InChI=1S/C24H53PS/c1-4-7-10-13-16-19-22-26(25,23-20-17-14-11-8-5-2)24-21-18-15-12-9-6-3/h4-25H2,1-3H3. The van der Waals surface area contributed by atoms with E-state index in [1.165, 1.54) is 133 Å². The molecule has 0 bridgehead atoms. The first-order valence-corrected chi connectivity index (χ1v) is 15.8. The molecule has 0 amide bonds. The van der Waals surface area contributed by atoms with Gasteiger partial charge in [-0.3, -0.25) is 0 Å². The fourth-order valence-electron chi connectivity index (χ4n) is 3.82. The van der Waals surface area contributed by atoms with Crippen LogP contribution in [0, 0.1) is 0 Å². The summed E-state index contributed by atoms with van der Waals surface area (Å²) in [6.07, 6.45) is 26.2. The van der Waals surface area contributed by atoms with Crippen molar-refractivity contribution < 1.29 is 0 Å². The number of rotatable bonds is 21. The second-order valence-corrected chi connectivity index (χ2v) is 15.0. The zero-order valence-corrected chi connectivity index (χ0v) is 20.8. The van der Waals surface area contributed by atoms with Crippen LogP contribution in [0.25, 0.3) is 0 Å². The lowest BCUT2D eigenvalue weighted by Gasteiger charge is -2.36. The molecule has 1 atom stereocenters. The van der Waals surface area contributed by atoms with Gasteiger partial charge in [0.2, 0.25) is 0 Å². The van der Waals surface area contributed by atoms with Crippen LogP contribution in [0.2, 0.25) is 0 Å². The van der Waals surface area contributed by atoms with E-state index in [-0.39, 0.29) is 0 Å². The molecule has 0 fully saturated rings. The molecule has 1 unspecified atom stereocenters. The molecule has 0 aliphatic rings. The Morgan fingerprint density at radius 3 is 0.885 bits per heavy atom. The first-order chi connectivity index (χ1) is 12.7. The summed E-state index contributed by atoms with van der Waals surface area (Å²) in [7, 11) is 3.02. The topological polar surface area (TPSA) is 0 Å². The summed E-state index contributed by atoms with van der Waals surface area (Å²) in [5, 5.41) is 0. The molecule has 0 nitrogen and oxygen atoms in total. The van der Waals surface area contributed by atoms with Crippen molar-refractivity contribution in [3.05, 3.63) is 0 Å². The lowest BCUT2D eigenvalue weighted by molar-refractivity contribution is 0.619. The van der Waals surface area contributed by atoms with E-state index in [0.29, 0.717) is 0 Å². The van der Waals surface area contributed by atoms with E-state index < -0.39 is 9.65 Å². The molecule has 26 heavy (non-hydrogen) atoms. The minimum Gasteiger partial charge on any atom is -0.226 e. The zero-order valence-electron chi connectivity index (χ0n) is 18.8. The lowest BCUT2D eigenvalue weighted by atomic mass is 10.1. The summed E-state index contributed by atoms with van der Waals surface area (Å²) in [5.74, 6) is 4.61. The van der Waals surface area contributed by atoms with Crippen LogP contribution in [0.3, 0.4) is 0 Å². The van der Waals surface area contributed by atoms with E-state index in [1.54, 1.807) is 0 Å². The molecule has 160 valence electrons. The minimum absolute atomic E-state index is 0.401. The van der Waals surface area contributed by atoms with E-state index in [4.69, 9.17) is 0 Å². The van der Waals surface area contributed by atoms with E-state index in [2.05, 4.69) is 29.2 Å². The summed E-state index contributed by atoms with van der Waals surface area (Å²) in [5.41, 5.74) is 0. The smallest absolute Gasteiger partial charge is 0.0197 e. The first kappa shape index (κ1) is 26.8. The molecule has 0 radical (unpaired) electrons. The summed E-state index contributed by atoms with van der Waals surface area (Å²) >= 11 is 0. The van der Waals surface area contributed by atoms with Crippen molar-refractivity contribution in [2.45, 2.75) is 136 Å². The molecule has 0 heterocycles. The van der Waals surface area contributed by atoms with Crippen molar-refractivity contribution in [2.75, 3.05) is 17.3 Å². The second kappa shape index (κ2) is 20.5. The number of hydrogen-bond donors (Lipinski definition) is 0. The van der Waals surface area contributed by atoms with Crippen LogP contribution in [-0.2, 0) is 0 Å². The largest absolute Gasteiger partial charge is 0.226 e. The van der Waals surface area contributed by atoms with Crippen molar-refractivity contribution in [2.24, 2.45) is 0 Å². The van der Waals surface area contributed by atoms with Crippen LogP contribution in [0.4, 0.5) is 0 Å². The van der Waals surface area contributed by atoms with Gasteiger partial charge in [0, 0.05) is 0 Å². The Morgan fingerprint density at radius 1 is 0.385 bits per heavy atom. The van der Waals surface area contributed by atoms with Crippen LogP contribution < -0.4 is 0 Å². The summed E-state index contributed by atoms with van der Waals surface area (Å²) in [6.45, 7) is 6.95. The highest BCUT2D eigenvalue weighted by atomic mass is 32.8. The predicted octanol–water partition coefficient (Wildman–Crippen LogP) is 9.66. The van der Waals surface area contributed by atoms with E-state index in [1.807, 2.05) is 0 Å². The van der Waals surface area contributed by atoms with Gasteiger partial charge in [0.25, 0.3) is 0 Å². The van der Waals surface area contributed by atoms with Gasteiger partial charge in [-0.15, -0.1) is 0 Å². The van der Waals surface area contributed by atoms with Gasteiger partial charge in [-0.05, 0) is 36.5 Å². The van der Waals surface area contributed by atoms with Crippen molar-refractivity contribution >= 4 is 18.1 Å². The van der Waals surface area contributed by atoms with E-state index >= 15 is 0 Å². The maximum atomic E-state index is 3.42. The normalized spacial score (nSPS) is 12.6. The van der Waals surface area contributed by atoms with Gasteiger partial charge in [-0.25, -0.2) is 9.65 Å². The molecule has 0 saturated carbocycles. The van der Waals surface area contributed by atoms with Gasteiger partial charge in [-0.1, -0.05) is 126 Å². The number of unbranched alkanes of at least 4 members (excludes halogenated alkanes) is 15. The van der Waals surface area contributed by atoms with Gasteiger partial charge < -0.3 is 0 Å². The fraction of sp³-hybridized carbons (Fsp3) is 1.00. The Balaban J connectivity index is 4.02. The fourth-order valence-corrected chi connectivity index (χ4v) is 8.27. The Bertz CT molecular complexity index is 226. The zero-order chi connectivity index (χ0) is 19.3. The average molecular weight is 405 g/mol. The third-order valence-electron chi connectivity index (χ3n) is 5.71. The van der Waals surface area contributed by atoms with Crippen LogP contribution in [-0.4, -0.2) is 17.3 Å². The molecular weight excluding hydrogens is 351 g/mol.